The number of fused-ring (bicyclic) bond motifs is 1. The molecule has 2 aromatic rings. The number of amides is 1. The van der Waals surface area contributed by atoms with Crippen molar-refractivity contribution < 1.29 is 14.7 Å². The molecule has 1 aliphatic rings. The molecule has 1 aliphatic carbocycles. The van der Waals surface area contributed by atoms with Gasteiger partial charge in [0.2, 0.25) is 0 Å². The third-order valence-electron chi connectivity index (χ3n) is 4.09. The highest BCUT2D eigenvalue weighted by molar-refractivity contribution is 7.14. The van der Waals surface area contributed by atoms with Crippen molar-refractivity contribution in [1.29, 1.82) is 0 Å². The Morgan fingerprint density at radius 2 is 2.08 bits per heavy atom. The second-order valence-electron chi connectivity index (χ2n) is 6.03. The Balaban J connectivity index is 1.62. The summed E-state index contributed by atoms with van der Waals surface area (Å²) in [6, 6.07) is 8.26. The van der Waals surface area contributed by atoms with Crippen molar-refractivity contribution >= 4 is 29.4 Å². The van der Waals surface area contributed by atoms with Gasteiger partial charge in [0, 0.05) is 4.88 Å². The maximum Gasteiger partial charge on any atom is 0.335 e. The number of carboxylic acids is 1. The molecule has 124 valence electrons. The lowest BCUT2D eigenvalue weighted by Gasteiger charge is -2.16. The van der Waals surface area contributed by atoms with Gasteiger partial charge >= 0.3 is 5.97 Å². The van der Waals surface area contributed by atoms with Gasteiger partial charge in [-0.05, 0) is 54.5 Å². The number of carbonyl (C=O) groups excluding carboxylic acids is 1. The quantitative estimate of drug-likeness (QED) is 0.661. The first-order valence-corrected chi connectivity index (χ1v) is 8.63. The highest BCUT2D eigenvalue weighted by Crippen LogP contribution is 2.32. The summed E-state index contributed by atoms with van der Waals surface area (Å²) in [6.45, 7) is 2.24. The number of carbonyl (C=O) groups is 2. The monoisotopic (exact) mass is 342 g/mol. The van der Waals surface area contributed by atoms with Crippen LogP contribution >= 0.6 is 11.3 Å². The largest absolute Gasteiger partial charge is 0.478 e. The molecule has 1 unspecified atom stereocenters. The number of hydrazone groups is 1. The Morgan fingerprint density at radius 3 is 2.79 bits per heavy atom. The number of nitrogens with one attached hydrogen (secondary N) is 1. The van der Waals surface area contributed by atoms with Gasteiger partial charge in [0.1, 0.15) is 0 Å². The second kappa shape index (κ2) is 6.97. The number of carboxylic acid groups (broad SMARTS) is 1. The van der Waals surface area contributed by atoms with Crippen LogP contribution < -0.4 is 5.43 Å². The second-order valence-corrected chi connectivity index (χ2v) is 7.17. The molecule has 2 N–H and O–H groups in total. The van der Waals surface area contributed by atoms with E-state index in [-0.39, 0.29) is 11.5 Å². The third-order valence-corrected chi connectivity index (χ3v) is 5.33. The molecule has 5 nitrogen and oxygen atoms in total. The number of aryl methyl sites for hydroxylation is 1. The first-order chi connectivity index (χ1) is 11.5. The number of hydrogen-bond donors (Lipinski definition) is 2. The van der Waals surface area contributed by atoms with E-state index >= 15 is 0 Å². The van der Waals surface area contributed by atoms with E-state index in [2.05, 4.69) is 17.5 Å². The number of rotatable bonds is 4. The molecule has 0 spiro atoms. The molecular weight excluding hydrogens is 324 g/mol. The molecule has 1 aromatic heterocycles. The molecular formula is C18H18N2O3S. The highest BCUT2D eigenvalue weighted by atomic mass is 32.1. The molecule has 0 saturated heterocycles. The van der Waals surface area contributed by atoms with Crippen LogP contribution in [0.2, 0.25) is 0 Å². The van der Waals surface area contributed by atoms with Crippen LogP contribution in [0.5, 0.6) is 0 Å². The maximum absolute atomic E-state index is 12.2. The van der Waals surface area contributed by atoms with Crippen LogP contribution in [-0.4, -0.2) is 23.2 Å². The van der Waals surface area contributed by atoms with Crippen LogP contribution in [0.3, 0.4) is 0 Å². The lowest BCUT2D eigenvalue weighted by atomic mass is 9.90. The van der Waals surface area contributed by atoms with Crippen molar-refractivity contribution in [2.45, 2.75) is 26.2 Å². The van der Waals surface area contributed by atoms with Crippen molar-refractivity contribution in [1.82, 2.24) is 5.43 Å². The van der Waals surface area contributed by atoms with Crippen molar-refractivity contribution in [2.75, 3.05) is 0 Å². The van der Waals surface area contributed by atoms with E-state index in [9.17, 15) is 9.59 Å². The molecule has 0 bridgehead atoms. The van der Waals surface area contributed by atoms with Crippen molar-refractivity contribution in [3.8, 4) is 0 Å². The fraction of sp³-hybridized carbons (Fsp3) is 0.278. The Bertz CT molecular complexity index is 793. The summed E-state index contributed by atoms with van der Waals surface area (Å²) in [7, 11) is 0. The topological polar surface area (TPSA) is 78.8 Å². The van der Waals surface area contributed by atoms with Crippen LogP contribution in [0.4, 0.5) is 0 Å². The van der Waals surface area contributed by atoms with Gasteiger partial charge in [-0.25, -0.2) is 10.2 Å². The van der Waals surface area contributed by atoms with E-state index in [1.54, 1.807) is 23.5 Å². The molecule has 0 fully saturated rings. The summed E-state index contributed by atoms with van der Waals surface area (Å²) in [6.07, 6.45) is 4.77. The van der Waals surface area contributed by atoms with Gasteiger partial charge in [-0.15, -0.1) is 11.3 Å². The van der Waals surface area contributed by atoms with Gasteiger partial charge in [0.25, 0.3) is 5.91 Å². The number of benzene rings is 1. The minimum atomic E-state index is -0.970. The predicted octanol–water partition coefficient (Wildman–Crippen LogP) is 3.34. The summed E-state index contributed by atoms with van der Waals surface area (Å²) >= 11 is 1.55. The summed E-state index contributed by atoms with van der Waals surface area (Å²) in [4.78, 5) is 25.0. The summed E-state index contributed by atoms with van der Waals surface area (Å²) < 4.78 is 0. The lowest BCUT2D eigenvalue weighted by molar-refractivity contribution is 0.0696. The Labute approximate surface area is 144 Å². The number of hydrogen-bond acceptors (Lipinski definition) is 4. The van der Waals surface area contributed by atoms with E-state index in [4.69, 9.17) is 5.11 Å². The van der Waals surface area contributed by atoms with Gasteiger partial charge < -0.3 is 5.11 Å². The average molecular weight is 342 g/mol. The summed E-state index contributed by atoms with van der Waals surface area (Å²) in [5, 5.41) is 12.8. The number of aromatic carboxylic acids is 1. The van der Waals surface area contributed by atoms with Crippen LogP contribution in [0.25, 0.3) is 0 Å². The normalized spacial score (nSPS) is 16.8. The molecule has 24 heavy (non-hydrogen) atoms. The standard InChI is InChI=1S/C18H18N2O3S/c1-11-2-7-15-14(8-11)9-16(24-15)17(21)20-19-10-12-3-5-13(6-4-12)18(22)23/h3-6,9-11H,2,7-8H2,1H3,(H,20,21)(H,22,23)/b19-10+. The molecule has 1 amide bonds. The van der Waals surface area contributed by atoms with E-state index in [1.807, 2.05) is 6.07 Å². The summed E-state index contributed by atoms with van der Waals surface area (Å²) in [5.41, 5.74) is 4.76. The average Bonchev–Trinajstić information content (AvgIpc) is 2.98. The first kappa shape index (κ1) is 16.4. The molecule has 1 heterocycles. The Hall–Kier alpha value is -2.47. The van der Waals surface area contributed by atoms with Crippen LogP contribution in [-0.2, 0) is 12.8 Å². The number of thiophene rings is 1. The van der Waals surface area contributed by atoms with E-state index in [0.717, 1.165) is 18.4 Å². The molecule has 3 rings (SSSR count). The lowest BCUT2D eigenvalue weighted by Crippen LogP contribution is -2.16. The van der Waals surface area contributed by atoms with Crippen LogP contribution in [0.15, 0.2) is 35.4 Å². The van der Waals surface area contributed by atoms with Crippen molar-refractivity contribution in [3.63, 3.8) is 0 Å². The molecule has 0 radical (unpaired) electrons. The SMILES string of the molecule is CC1CCc2sc(C(=O)N/N=C/c3ccc(C(=O)O)cc3)cc2C1. The van der Waals surface area contributed by atoms with E-state index in [0.29, 0.717) is 10.8 Å². The minimum Gasteiger partial charge on any atom is -0.478 e. The van der Waals surface area contributed by atoms with Crippen molar-refractivity contribution in [3.05, 3.63) is 56.8 Å². The van der Waals surface area contributed by atoms with Gasteiger partial charge in [-0.1, -0.05) is 19.1 Å². The van der Waals surface area contributed by atoms with Gasteiger partial charge in [-0.3, -0.25) is 4.79 Å². The van der Waals surface area contributed by atoms with Crippen molar-refractivity contribution in [2.24, 2.45) is 11.0 Å². The predicted molar refractivity (Wildman–Crippen MR) is 94.0 cm³/mol. The number of nitrogens with zero attached hydrogens (tertiary/aromatic N) is 1. The smallest absolute Gasteiger partial charge is 0.335 e. The highest BCUT2D eigenvalue weighted by Gasteiger charge is 2.20. The van der Waals surface area contributed by atoms with Gasteiger partial charge in [0.15, 0.2) is 0 Å². The molecule has 0 aliphatic heterocycles. The van der Waals surface area contributed by atoms with Gasteiger partial charge in [-0.2, -0.15) is 5.10 Å². The zero-order valence-corrected chi connectivity index (χ0v) is 14.1. The molecule has 6 heteroatoms. The Kier molecular flexibility index (Phi) is 4.76. The van der Waals surface area contributed by atoms with Crippen LogP contribution in [0, 0.1) is 5.92 Å². The zero-order chi connectivity index (χ0) is 17.1. The molecule has 0 saturated carbocycles. The zero-order valence-electron chi connectivity index (χ0n) is 13.3. The Morgan fingerprint density at radius 1 is 1.33 bits per heavy atom. The third kappa shape index (κ3) is 3.71. The minimum absolute atomic E-state index is 0.208. The van der Waals surface area contributed by atoms with Gasteiger partial charge in [0.05, 0.1) is 16.7 Å². The fourth-order valence-electron chi connectivity index (χ4n) is 2.75. The molecule has 1 atom stereocenters. The summed E-state index contributed by atoms with van der Waals surface area (Å²) in [5.74, 6) is -0.502. The van der Waals surface area contributed by atoms with E-state index < -0.39 is 5.97 Å². The van der Waals surface area contributed by atoms with Crippen LogP contribution in [0.1, 0.15) is 49.4 Å². The van der Waals surface area contributed by atoms with E-state index in [1.165, 1.54) is 35.2 Å². The first-order valence-electron chi connectivity index (χ1n) is 7.81. The molecule has 1 aromatic carbocycles. The maximum atomic E-state index is 12.2. The fourth-order valence-corrected chi connectivity index (χ4v) is 3.85.